The molecule has 108 valence electrons. The average Bonchev–Trinajstić information content (AvgIpc) is 3.08. The maximum atomic E-state index is 4.42. The van der Waals surface area contributed by atoms with Gasteiger partial charge in [0.15, 0.2) is 0 Å². The van der Waals surface area contributed by atoms with E-state index in [0.29, 0.717) is 5.95 Å². The highest BCUT2D eigenvalue weighted by atomic mass is 32.2. The summed E-state index contributed by atoms with van der Waals surface area (Å²) in [6, 6.07) is 8.14. The number of nitrogens with one attached hydrogen (secondary N) is 2. The van der Waals surface area contributed by atoms with Gasteiger partial charge < -0.3 is 5.32 Å². The number of benzene rings is 1. The smallest absolute Gasteiger partial charge is 0.223 e. The van der Waals surface area contributed by atoms with E-state index in [1.54, 1.807) is 23.1 Å². The van der Waals surface area contributed by atoms with Gasteiger partial charge in [-0.2, -0.15) is 4.98 Å². The Morgan fingerprint density at radius 1 is 1.19 bits per heavy atom. The first-order valence-corrected chi connectivity index (χ1v) is 8.35. The Morgan fingerprint density at radius 3 is 2.71 bits per heavy atom. The van der Waals surface area contributed by atoms with Crippen LogP contribution in [-0.2, 0) is 5.75 Å². The van der Waals surface area contributed by atoms with Crippen LogP contribution in [0.1, 0.15) is 16.3 Å². The van der Waals surface area contributed by atoms with Crippen molar-refractivity contribution in [2.24, 2.45) is 0 Å². The van der Waals surface area contributed by atoms with Crippen LogP contribution in [0.3, 0.4) is 0 Å². The third kappa shape index (κ3) is 3.83. The minimum atomic E-state index is 0.649. The Bertz CT molecular complexity index is 717. The van der Waals surface area contributed by atoms with Crippen molar-refractivity contribution in [2.75, 3.05) is 5.32 Å². The molecule has 3 aromatic rings. The van der Waals surface area contributed by atoms with Gasteiger partial charge in [0.25, 0.3) is 0 Å². The molecule has 2 N–H and O–H groups in total. The zero-order valence-corrected chi connectivity index (χ0v) is 13.4. The highest BCUT2D eigenvalue weighted by Gasteiger charge is 2.06. The average molecular weight is 317 g/mol. The van der Waals surface area contributed by atoms with E-state index in [4.69, 9.17) is 0 Å². The van der Waals surface area contributed by atoms with E-state index in [-0.39, 0.29) is 0 Å². The molecule has 2 aromatic heterocycles. The third-order valence-electron chi connectivity index (χ3n) is 2.79. The lowest BCUT2D eigenvalue weighted by atomic mass is 10.2. The minimum Gasteiger partial charge on any atom is -0.325 e. The molecule has 0 atom stereocenters. The fourth-order valence-corrected chi connectivity index (χ4v) is 3.16. The van der Waals surface area contributed by atoms with Gasteiger partial charge in [-0.3, -0.25) is 0 Å². The predicted octanol–water partition coefficient (Wildman–Crippen LogP) is 3.91. The molecule has 0 bridgehead atoms. The molecule has 5 nitrogen and oxygen atoms in total. The lowest BCUT2D eigenvalue weighted by Gasteiger charge is -2.01. The van der Waals surface area contributed by atoms with Crippen molar-refractivity contribution in [3.63, 3.8) is 0 Å². The molecule has 21 heavy (non-hydrogen) atoms. The molecule has 0 saturated carbocycles. The molecular weight excluding hydrogens is 302 g/mol. The summed E-state index contributed by atoms with van der Waals surface area (Å²) in [6.45, 7) is 4.07. The van der Waals surface area contributed by atoms with Crippen molar-refractivity contribution in [3.8, 4) is 0 Å². The molecule has 1 aromatic carbocycles. The Hall–Kier alpha value is -1.86. The van der Waals surface area contributed by atoms with Gasteiger partial charge in [-0.05, 0) is 26.0 Å². The monoisotopic (exact) mass is 317 g/mol. The molecule has 0 spiro atoms. The summed E-state index contributed by atoms with van der Waals surface area (Å²) in [5.74, 6) is 1.43. The second-order valence-corrected chi connectivity index (χ2v) is 6.61. The maximum Gasteiger partial charge on any atom is 0.223 e. The topological polar surface area (TPSA) is 66.5 Å². The van der Waals surface area contributed by atoms with Gasteiger partial charge in [0.2, 0.25) is 11.1 Å². The summed E-state index contributed by atoms with van der Waals surface area (Å²) in [7, 11) is 0. The van der Waals surface area contributed by atoms with E-state index in [1.165, 1.54) is 5.56 Å². The second kappa shape index (κ2) is 6.28. The number of hydrogen-bond acceptors (Lipinski definition) is 6. The van der Waals surface area contributed by atoms with E-state index in [0.717, 1.165) is 27.3 Å². The number of aromatic amines is 1. The number of anilines is 2. The molecule has 0 amide bonds. The van der Waals surface area contributed by atoms with Gasteiger partial charge in [-0.25, -0.2) is 10.1 Å². The number of nitrogens with zero attached hydrogens (tertiary/aromatic N) is 3. The highest BCUT2D eigenvalue weighted by Crippen LogP contribution is 2.22. The zero-order chi connectivity index (χ0) is 14.7. The molecule has 0 aliphatic heterocycles. The summed E-state index contributed by atoms with van der Waals surface area (Å²) < 4.78 is 0. The van der Waals surface area contributed by atoms with Crippen molar-refractivity contribution >= 4 is 34.7 Å². The normalized spacial score (nSPS) is 10.8. The van der Waals surface area contributed by atoms with Crippen LogP contribution < -0.4 is 5.32 Å². The summed E-state index contributed by atoms with van der Waals surface area (Å²) in [4.78, 5) is 8.84. The van der Waals surface area contributed by atoms with Gasteiger partial charge >= 0.3 is 0 Å². The third-order valence-corrected chi connectivity index (χ3v) is 4.50. The molecule has 3 rings (SSSR count). The highest BCUT2D eigenvalue weighted by molar-refractivity contribution is 7.98. The Labute approximate surface area is 131 Å². The molecule has 7 heteroatoms. The van der Waals surface area contributed by atoms with Crippen molar-refractivity contribution in [3.05, 3.63) is 45.9 Å². The van der Waals surface area contributed by atoms with E-state index >= 15 is 0 Å². The van der Waals surface area contributed by atoms with Crippen LogP contribution in [0.5, 0.6) is 0 Å². The van der Waals surface area contributed by atoms with Crippen LogP contribution in [0.2, 0.25) is 0 Å². The van der Waals surface area contributed by atoms with Crippen LogP contribution in [0, 0.1) is 13.8 Å². The van der Waals surface area contributed by atoms with Crippen molar-refractivity contribution in [1.82, 2.24) is 20.2 Å². The van der Waals surface area contributed by atoms with E-state index in [2.05, 4.69) is 49.9 Å². The molecule has 0 aliphatic carbocycles. The number of thiazole rings is 1. The van der Waals surface area contributed by atoms with Gasteiger partial charge in [0, 0.05) is 16.8 Å². The van der Waals surface area contributed by atoms with E-state index in [9.17, 15) is 0 Å². The number of aryl methyl sites for hydroxylation is 2. The first-order valence-electron chi connectivity index (χ1n) is 6.49. The van der Waals surface area contributed by atoms with Crippen molar-refractivity contribution in [2.45, 2.75) is 24.8 Å². The fraction of sp³-hybridized carbons (Fsp3) is 0.214. The molecule has 0 radical (unpaired) electrons. The zero-order valence-electron chi connectivity index (χ0n) is 11.8. The van der Waals surface area contributed by atoms with Crippen LogP contribution in [0.4, 0.5) is 11.6 Å². The first-order chi connectivity index (χ1) is 10.2. The van der Waals surface area contributed by atoms with Crippen LogP contribution in [-0.4, -0.2) is 20.2 Å². The van der Waals surface area contributed by atoms with Gasteiger partial charge in [0.1, 0.15) is 0 Å². The molecule has 0 aliphatic rings. The minimum absolute atomic E-state index is 0.649. The van der Waals surface area contributed by atoms with E-state index < -0.39 is 0 Å². The second-order valence-electron chi connectivity index (χ2n) is 4.60. The molecular formula is C14H15N5S2. The molecule has 0 saturated heterocycles. The number of thioether (sulfide) groups is 1. The lowest BCUT2D eigenvalue weighted by Crippen LogP contribution is -1.92. The Kier molecular flexibility index (Phi) is 4.21. The first kappa shape index (κ1) is 14.1. The molecule has 2 heterocycles. The molecule has 0 fully saturated rings. The van der Waals surface area contributed by atoms with Gasteiger partial charge in [-0.15, -0.1) is 16.4 Å². The van der Waals surface area contributed by atoms with E-state index in [1.807, 2.05) is 19.1 Å². The lowest BCUT2D eigenvalue weighted by molar-refractivity contribution is 0.972. The number of H-pyrrole nitrogens is 1. The Balaban J connectivity index is 1.59. The fourth-order valence-electron chi connectivity index (χ4n) is 1.75. The summed E-state index contributed by atoms with van der Waals surface area (Å²) in [5, 5.41) is 14.2. The Morgan fingerprint density at radius 2 is 2.00 bits per heavy atom. The summed E-state index contributed by atoms with van der Waals surface area (Å²) in [5.41, 5.74) is 3.29. The van der Waals surface area contributed by atoms with Crippen LogP contribution >= 0.6 is 23.1 Å². The number of rotatable bonds is 5. The van der Waals surface area contributed by atoms with Crippen molar-refractivity contribution in [1.29, 1.82) is 0 Å². The standard InChI is InChI=1S/C14H15N5S2/c1-9-3-5-11(6-4-9)16-13-17-14(19-18-13)21-8-12-7-20-10(2)15-12/h3-7H,8H2,1-2H3,(H2,16,17,18,19). The number of hydrogen-bond donors (Lipinski definition) is 2. The van der Waals surface area contributed by atoms with Crippen molar-refractivity contribution < 1.29 is 0 Å². The van der Waals surface area contributed by atoms with Crippen LogP contribution in [0.15, 0.2) is 34.8 Å². The molecule has 0 unspecified atom stereocenters. The predicted molar refractivity (Wildman–Crippen MR) is 87.3 cm³/mol. The summed E-state index contributed by atoms with van der Waals surface area (Å²) in [6.07, 6.45) is 0. The van der Waals surface area contributed by atoms with Gasteiger partial charge in [0.05, 0.1) is 10.7 Å². The SMILES string of the molecule is Cc1ccc(Nc2nc(SCc3csc(C)n3)n[nH]2)cc1. The van der Waals surface area contributed by atoms with Crippen LogP contribution in [0.25, 0.3) is 0 Å². The quantitative estimate of drug-likeness (QED) is 0.698. The number of aromatic nitrogens is 4. The van der Waals surface area contributed by atoms with Gasteiger partial charge in [-0.1, -0.05) is 29.5 Å². The largest absolute Gasteiger partial charge is 0.325 e. The maximum absolute atomic E-state index is 4.42. The summed E-state index contributed by atoms with van der Waals surface area (Å²) >= 11 is 3.23.